The average Bonchev–Trinajstić information content (AvgIpc) is 2.19. The van der Waals surface area contributed by atoms with Crippen molar-refractivity contribution >= 4 is 50.2 Å². The predicted octanol–water partition coefficient (Wildman–Crippen LogP) is 1.88. The molecule has 0 saturated heterocycles. The number of carbonyl (C=O) groups is 1. The van der Waals surface area contributed by atoms with Gasteiger partial charge in [-0.25, -0.2) is 0 Å². The molecule has 0 amide bonds. The summed E-state index contributed by atoms with van der Waals surface area (Å²) in [7, 11) is 0. The summed E-state index contributed by atoms with van der Waals surface area (Å²) in [5.41, 5.74) is 6.20. The van der Waals surface area contributed by atoms with Crippen LogP contribution in [0.25, 0.3) is 0 Å². The summed E-state index contributed by atoms with van der Waals surface area (Å²) in [6.07, 6.45) is 0. The summed E-state index contributed by atoms with van der Waals surface area (Å²) in [4.78, 5) is 10.5. The number of nitrogens with one attached hydrogen (secondary N) is 1. The van der Waals surface area contributed by atoms with Crippen molar-refractivity contribution in [3.8, 4) is 0 Å². The second-order valence-corrected chi connectivity index (χ2v) is 4.97. The average molecular weight is 385 g/mol. The topological polar surface area (TPSA) is 75.3 Å². The summed E-state index contributed by atoms with van der Waals surface area (Å²) in [5, 5.41) is 11.5. The second kappa shape index (κ2) is 5.66. The number of aliphatic carboxylic acids is 1. The number of nitrogens with two attached hydrogens (primary N) is 1. The van der Waals surface area contributed by atoms with Gasteiger partial charge in [0.1, 0.15) is 6.04 Å². The summed E-state index contributed by atoms with van der Waals surface area (Å²) < 4.78 is 2.07. The zero-order chi connectivity index (χ0) is 11.4. The van der Waals surface area contributed by atoms with Crippen molar-refractivity contribution in [2.75, 3.05) is 11.9 Å². The van der Waals surface area contributed by atoms with Gasteiger partial charge in [0.2, 0.25) is 0 Å². The minimum Gasteiger partial charge on any atom is -0.480 e. The standard InChI is InChI=1S/C9H10BrIN2O2/c10-6-3-5(1-2-7(6)11)13-4-8(12)9(14)15/h1-3,8,13H,4,12H2,(H,14,15). The first-order chi connectivity index (χ1) is 7.00. The van der Waals surface area contributed by atoms with E-state index in [1.165, 1.54) is 0 Å². The smallest absolute Gasteiger partial charge is 0.322 e. The van der Waals surface area contributed by atoms with Crippen molar-refractivity contribution in [3.05, 3.63) is 26.2 Å². The monoisotopic (exact) mass is 384 g/mol. The summed E-state index contributed by atoms with van der Waals surface area (Å²) in [5.74, 6) is -1.01. The Kier molecular flexibility index (Phi) is 4.81. The molecule has 1 atom stereocenters. The van der Waals surface area contributed by atoms with Gasteiger partial charge in [-0.1, -0.05) is 0 Å². The molecule has 0 aliphatic carbocycles. The lowest BCUT2D eigenvalue weighted by Crippen LogP contribution is -2.36. The number of carboxylic acids is 1. The number of hydrogen-bond donors (Lipinski definition) is 3. The molecule has 0 spiro atoms. The first-order valence-corrected chi connectivity index (χ1v) is 6.05. The van der Waals surface area contributed by atoms with E-state index >= 15 is 0 Å². The van der Waals surface area contributed by atoms with Crippen LogP contribution in [0.5, 0.6) is 0 Å². The molecule has 1 aromatic rings. The second-order valence-electron chi connectivity index (χ2n) is 2.95. The van der Waals surface area contributed by atoms with Crippen LogP contribution in [0.3, 0.4) is 0 Å². The van der Waals surface area contributed by atoms with Gasteiger partial charge in [0.15, 0.2) is 0 Å². The molecule has 0 fully saturated rings. The van der Waals surface area contributed by atoms with Crippen LogP contribution >= 0.6 is 38.5 Å². The van der Waals surface area contributed by atoms with E-state index in [4.69, 9.17) is 10.8 Å². The lowest BCUT2D eigenvalue weighted by atomic mass is 10.3. The van der Waals surface area contributed by atoms with Gasteiger partial charge in [0, 0.05) is 20.3 Å². The van der Waals surface area contributed by atoms with Crippen molar-refractivity contribution in [3.63, 3.8) is 0 Å². The van der Waals surface area contributed by atoms with Crippen LogP contribution in [0.15, 0.2) is 22.7 Å². The highest BCUT2D eigenvalue weighted by Gasteiger charge is 2.10. The number of rotatable bonds is 4. The molecule has 4 nitrogen and oxygen atoms in total. The number of carboxylic acid groups (broad SMARTS) is 1. The third-order valence-corrected chi connectivity index (χ3v) is 4.10. The van der Waals surface area contributed by atoms with Crippen LogP contribution in [0, 0.1) is 3.57 Å². The van der Waals surface area contributed by atoms with Crippen LogP contribution < -0.4 is 11.1 Å². The van der Waals surface area contributed by atoms with E-state index in [0.29, 0.717) is 0 Å². The van der Waals surface area contributed by atoms with E-state index in [0.717, 1.165) is 13.7 Å². The molecule has 0 heterocycles. The van der Waals surface area contributed by atoms with Gasteiger partial charge in [-0.15, -0.1) is 0 Å². The van der Waals surface area contributed by atoms with Crippen molar-refractivity contribution in [1.29, 1.82) is 0 Å². The number of hydrogen-bond acceptors (Lipinski definition) is 3. The number of anilines is 1. The fourth-order valence-electron chi connectivity index (χ4n) is 0.921. The van der Waals surface area contributed by atoms with Gasteiger partial charge in [-0.3, -0.25) is 4.79 Å². The zero-order valence-corrected chi connectivity index (χ0v) is 11.4. The molecule has 1 unspecified atom stereocenters. The summed E-state index contributed by atoms with van der Waals surface area (Å²) in [6, 6.07) is 4.81. The van der Waals surface area contributed by atoms with Crippen molar-refractivity contribution < 1.29 is 9.90 Å². The Morgan fingerprint density at radius 3 is 2.87 bits per heavy atom. The Bertz CT molecular complexity index is 373. The maximum Gasteiger partial charge on any atom is 0.322 e. The summed E-state index contributed by atoms with van der Waals surface area (Å²) in [6.45, 7) is 0.211. The van der Waals surface area contributed by atoms with Crippen LogP contribution in [0.4, 0.5) is 5.69 Å². The molecular formula is C9H10BrIN2O2. The molecule has 0 bridgehead atoms. The zero-order valence-electron chi connectivity index (χ0n) is 7.71. The van der Waals surface area contributed by atoms with Crippen LogP contribution in [0.1, 0.15) is 0 Å². The van der Waals surface area contributed by atoms with Crippen molar-refractivity contribution in [2.24, 2.45) is 5.73 Å². The molecule has 0 aliphatic heterocycles. The minimum absolute atomic E-state index is 0.211. The minimum atomic E-state index is -1.01. The van der Waals surface area contributed by atoms with E-state index in [1.807, 2.05) is 18.2 Å². The Labute approximate surface area is 110 Å². The lowest BCUT2D eigenvalue weighted by molar-refractivity contribution is -0.138. The van der Waals surface area contributed by atoms with Crippen LogP contribution in [-0.4, -0.2) is 23.7 Å². The Hall–Kier alpha value is -0.340. The summed E-state index contributed by atoms with van der Waals surface area (Å²) >= 11 is 5.59. The van der Waals surface area contributed by atoms with Crippen LogP contribution in [0.2, 0.25) is 0 Å². The third-order valence-electron chi connectivity index (χ3n) is 1.76. The largest absolute Gasteiger partial charge is 0.480 e. The van der Waals surface area contributed by atoms with Crippen LogP contribution in [-0.2, 0) is 4.79 Å². The first-order valence-electron chi connectivity index (χ1n) is 4.18. The quantitative estimate of drug-likeness (QED) is 0.693. The highest BCUT2D eigenvalue weighted by atomic mass is 127. The van der Waals surface area contributed by atoms with E-state index in [-0.39, 0.29) is 6.54 Å². The van der Waals surface area contributed by atoms with Crippen molar-refractivity contribution in [2.45, 2.75) is 6.04 Å². The number of benzene rings is 1. The first kappa shape index (κ1) is 12.7. The Morgan fingerprint density at radius 2 is 2.33 bits per heavy atom. The highest BCUT2D eigenvalue weighted by molar-refractivity contribution is 14.1. The normalized spacial score (nSPS) is 12.2. The Morgan fingerprint density at radius 1 is 1.67 bits per heavy atom. The maximum absolute atomic E-state index is 10.5. The molecule has 4 N–H and O–H groups in total. The van der Waals surface area contributed by atoms with E-state index in [2.05, 4.69) is 43.8 Å². The molecule has 1 rings (SSSR count). The Balaban J connectivity index is 2.58. The van der Waals surface area contributed by atoms with Gasteiger partial charge in [0.05, 0.1) is 0 Å². The molecule has 1 aromatic carbocycles. The molecule has 82 valence electrons. The van der Waals surface area contributed by atoms with Gasteiger partial charge in [-0.2, -0.15) is 0 Å². The highest BCUT2D eigenvalue weighted by Crippen LogP contribution is 2.22. The fraction of sp³-hybridized carbons (Fsp3) is 0.222. The molecular weight excluding hydrogens is 375 g/mol. The fourth-order valence-corrected chi connectivity index (χ4v) is 1.64. The SMILES string of the molecule is NC(CNc1ccc(I)c(Br)c1)C(=O)O. The van der Waals surface area contributed by atoms with Gasteiger partial charge < -0.3 is 16.2 Å². The maximum atomic E-state index is 10.5. The van der Waals surface area contributed by atoms with E-state index in [9.17, 15) is 4.79 Å². The predicted molar refractivity (Wildman–Crippen MR) is 71.0 cm³/mol. The van der Waals surface area contributed by atoms with Crippen molar-refractivity contribution in [1.82, 2.24) is 0 Å². The lowest BCUT2D eigenvalue weighted by Gasteiger charge is -2.10. The molecule has 0 aromatic heterocycles. The van der Waals surface area contributed by atoms with Gasteiger partial charge >= 0.3 is 5.97 Å². The molecule has 0 aliphatic rings. The van der Waals surface area contributed by atoms with E-state index in [1.54, 1.807) is 0 Å². The molecule has 6 heteroatoms. The molecule has 15 heavy (non-hydrogen) atoms. The molecule has 0 radical (unpaired) electrons. The van der Waals surface area contributed by atoms with E-state index < -0.39 is 12.0 Å². The molecule has 0 saturated carbocycles. The van der Waals surface area contributed by atoms with Gasteiger partial charge in [0.25, 0.3) is 0 Å². The number of halogens is 2. The van der Waals surface area contributed by atoms with Gasteiger partial charge in [-0.05, 0) is 56.7 Å². The third kappa shape index (κ3) is 3.96.